The summed E-state index contributed by atoms with van der Waals surface area (Å²) in [7, 11) is 1.69. The predicted molar refractivity (Wildman–Crippen MR) is 114 cm³/mol. The molecule has 2 atom stereocenters. The SMILES string of the molecule is COc1ccccc1C1CNCCN1C(=O)CC1CCCc2ccccc21.Cl. The molecule has 28 heavy (non-hydrogen) atoms. The van der Waals surface area contributed by atoms with Crippen LogP contribution < -0.4 is 10.1 Å². The number of benzene rings is 2. The number of ether oxygens (including phenoxy) is 1. The molecule has 4 rings (SSSR count). The van der Waals surface area contributed by atoms with Gasteiger partial charge in [0.15, 0.2) is 0 Å². The Kier molecular flexibility index (Phi) is 6.97. The maximum Gasteiger partial charge on any atom is 0.223 e. The van der Waals surface area contributed by atoms with Crippen molar-refractivity contribution in [3.63, 3.8) is 0 Å². The van der Waals surface area contributed by atoms with Gasteiger partial charge < -0.3 is 15.0 Å². The topological polar surface area (TPSA) is 41.6 Å². The largest absolute Gasteiger partial charge is 0.496 e. The summed E-state index contributed by atoms with van der Waals surface area (Å²) in [6.07, 6.45) is 4.02. The Morgan fingerprint density at radius 1 is 1.14 bits per heavy atom. The molecule has 2 aliphatic rings. The molecular weight excluding hydrogens is 372 g/mol. The third kappa shape index (κ3) is 4.18. The molecule has 1 amide bonds. The number of methoxy groups -OCH3 is 1. The second-order valence-corrected chi connectivity index (χ2v) is 7.54. The van der Waals surface area contributed by atoms with Gasteiger partial charge in [-0.1, -0.05) is 42.5 Å². The van der Waals surface area contributed by atoms with Gasteiger partial charge in [0.1, 0.15) is 5.75 Å². The second-order valence-electron chi connectivity index (χ2n) is 7.54. The number of hydrogen-bond acceptors (Lipinski definition) is 3. The van der Waals surface area contributed by atoms with Crippen LogP contribution in [0.25, 0.3) is 0 Å². The number of nitrogens with one attached hydrogen (secondary N) is 1. The van der Waals surface area contributed by atoms with Crippen molar-refractivity contribution in [2.45, 2.75) is 37.6 Å². The standard InChI is InChI=1S/C23H28N2O2.ClH/c1-27-22-12-5-4-11-20(22)21-16-24-13-14-25(21)23(26)15-18-9-6-8-17-7-2-3-10-19(17)18;/h2-5,7,10-12,18,21,24H,6,8-9,13-16H2,1H3;1H. The molecule has 1 heterocycles. The van der Waals surface area contributed by atoms with Crippen LogP contribution in [0, 0.1) is 0 Å². The van der Waals surface area contributed by atoms with E-state index < -0.39 is 0 Å². The van der Waals surface area contributed by atoms with Crippen LogP contribution in [0.2, 0.25) is 0 Å². The summed E-state index contributed by atoms with van der Waals surface area (Å²) in [6.45, 7) is 2.36. The van der Waals surface area contributed by atoms with Gasteiger partial charge in [0.25, 0.3) is 0 Å². The lowest BCUT2D eigenvalue weighted by molar-refractivity contribution is -0.135. The fraction of sp³-hybridized carbons (Fsp3) is 0.435. The highest BCUT2D eigenvalue weighted by Crippen LogP contribution is 2.36. The van der Waals surface area contributed by atoms with Crippen molar-refractivity contribution in [3.8, 4) is 5.75 Å². The normalized spacial score (nSPS) is 21.4. The molecule has 1 N–H and O–H groups in total. The van der Waals surface area contributed by atoms with Crippen molar-refractivity contribution in [2.75, 3.05) is 26.7 Å². The summed E-state index contributed by atoms with van der Waals surface area (Å²) in [6, 6.07) is 16.7. The van der Waals surface area contributed by atoms with E-state index in [1.165, 1.54) is 17.5 Å². The Hall–Kier alpha value is -2.04. The first-order valence-electron chi connectivity index (χ1n) is 9.99. The van der Waals surface area contributed by atoms with Crippen LogP contribution >= 0.6 is 12.4 Å². The Bertz CT molecular complexity index is 811. The zero-order chi connectivity index (χ0) is 18.6. The minimum atomic E-state index is 0. The number of rotatable bonds is 4. The number of amides is 1. The van der Waals surface area contributed by atoms with Crippen LogP contribution in [0.3, 0.4) is 0 Å². The zero-order valence-corrected chi connectivity index (χ0v) is 17.2. The summed E-state index contributed by atoms with van der Waals surface area (Å²) in [5.41, 5.74) is 3.88. The molecule has 1 fully saturated rings. The van der Waals surface area contributed by atoms with Gasteiger partial charge in [-0.3, -0.25) is 4.79 Å². The lowest BCUT2D eigenvalue weighted by atomic mass is 9.80. The number of aryl methyl sites for hydroxylation is 1. The lowest BCUT2D eigenvalue weighted by Crippen LogP contribution is -2.49. The molecule has 0 radical (unpaired) electrons. The number of halogens is 1. The number of piperazine rings is 1. The Balaban J connectivity index is 0.00000225. The van der Waals surface area contributed by atoms with E-state index in [0.717, 1.165) is 43.8 Å². The average molecular weight is 401 g/mol. The summed E-state index contributed by atoms with van der Waals surface area (Å²) < 4.78 is 5.56. The fourth-order valence-electron chi connectivity index (χ4n) is 4.62. The van der Waals surface area contributed by atoms with Gasteiger partial charge in [-0.25, -0.2) is 0 Å². The molecule has 0 aromatic heterocycles. The van der Waals surface area contributed by atoms with Crippen molar-refractivity contribution in [1.29, 1.82) is 0 Å². The maximum absolute atomic E-state index is 13.3. The minimum absolute atomic E-state index is 0. The van der Waals surface area contributed by atoms with Crippen LogP contribution in [-0.4, -0.2) is 37.6 Å². The third-order valence-electron chi connectivity index (χ3n) is 5.98. The molecule has 2 unspecified atom stereocenters. The van der Waals surface area contributed by atoms with Gasteiger partial charge in [0.05, 0.1) is 13.2 Å². The molecule has 0 spiro atoms. The van der Waals surface area contributed by atoms with Gasteiger partial charge >= 0.3 is 0 Å². The maximum atomic E-state index is 13.3. The highest BCUT2D eigenvalue weighted by atomic mass is 35.5. The highest BCUT2D eigenvalue weighted by molar-refractivity contribution is 5.85. The fourth-order valence-corrected chi connectivity index (χ4v) is 4.62. The van der Waals surface area contributed by atoms with Crippen LogP contribution in [0.5, 0.6) is 5.75 Å². The van der Waals surface area contributed by atoms with Crippen LogP contribution in [0.1, 0.15) is 47.9 Å². The van der Waals surface area contributed by atoms with Crippen molar-refractivity contribution < 1.29 is 9.53 Å². The number of para-hydroxylation sites is 1. The third-order valence-corrected chi connectivity index (χ3v) is 5.98. The number of fused-ring (bicyclic) bond motifs is 1. The molecule has 150 valence electrons. The number of hydrogen-bond donors (Lipinski definition) is 1. The molecule has 1 aliphatic carbocycles. The zero-order valence-electron chi connectivity index (χ0n) is 16.4. The second kappa shape index (κ2) is 9.44. The van der Waals surface area contributed by atoms with E-state index in [0.29, 0.717) is 12.3 Å². The van der Waals surface area contributed by atoms with Crippen molar-refractivity contribution in [3.05, 3.63) is 65.2 Å². The van der Waals surface area contributed by atoms with Gasteiger partial charge in [-0.2, -0.15) is 0 Å². The van der Waals surface area contributed by atoms with Crippen LogP contribution in [0.15, 0.2) is 48.5 Å². The average Bonchev–Trinajstić information content (AvgIpc) is 2.74. The van der Waals surface area contributed by atoms with Gasteiger partial charge in [-0.15, -0.1) is 12.4 Å². The van der Waals surface area contributed by atoms with E-state index in [1.54, 1.807) is 7.11 Å². The molecule has 2 aromatic carbocycles. The van der Waals surface area contributed by atoms with Crippen molar-refractivity contribution in [2.24, 2.45) is 0 Å². The predicted octanol–water partition coefficient (Wildman–Crippen LogP) is 4.10. The molecule has 0 bridgehead atoms. The first kappa shape index (κ1) is 20.7. The summed E-state index contributed by atoms with van der Waals surface area (Å²) in [5.74, 6) is 1.46. The number of nitrogens with zero attached hydrogens (tertiary/aromatic N) is 1. The van der Waals surface area contributed by atoms with E-state index in [4.69, 9.17) is 4.74 Å². The first-order valence-corrected chi connectivity index (χ1v) is 9.99. The monoisotopic (exact) mass is 400 g/mol. The molecular formula is C23H29ClN2O2. The number of carbonyl (C=O) groups is 1. The Morgan fingerprint density at radius 2 is 1.89 bits per heavy atom. The van der Waals surface area contributed by atoms with Crippen LogP contribution in [-0.2, 0) is 11.2 Å². The Morgan fingerprint density at radius 3 is 2.71 bits per heavy atom. The molecule has 2 aromatic rings. The van der Waals surface area contributed by atoms with Crippen molar-refractivity contribution in [1.82, 2.24) is 10.2 Å². The summed E-state index contributed by atoms with van der Waals surface area (Å²) in [5, 5.41) is 3.44. The van der Waals surface area contributed by atoms with Crippen molar-refractivity contribution >= 4 is 18.3 Å². The minimum Gasteiger partial charge on any atom is -0.496 e. The molecule has 1 aliphatic heterocycles. The summed E-state index contributed by atoms with van der Waals surface area (Å²) >= 11 is 0. The van der Waals surface area contributed by atoms with E-state index >= 15 is 0 Å². The lowest BCUT2D eigenvalue weighted by Gasteiger charge is -2.38. The van der Waals surface area contributed by atoms with Crippen LogP contribution in [0.4, 0.5) is 0 Å². The van der Waals surface area contributed by atoms with E-state index in [9.17, 15) is 4.79 Å². The molecule has 4 nitrogen and oxygen atoms in total. The molecule has 1 saturated heterocycles. The number of carbonyl (C=O) groups excluding carboxylic acids is 1. The first-order chi connectivity index (χ1) is 13.3. The Labute approximate surface area is 173 Å². The molecule has 5 heteroatoms. The van der Waals surface area contributed by atoms with Gasteiger partial charge in [0.2, 0.25) is 5.91 Å². The summed E-state index contributed by atoms with van der Waals surface area (Å²) in [4.78, 5) is 15.4. The quantitative estimate of drug-likeness (QED) is 0.840. The van der Waals surface area contributed by atoms with E-state index in [2.05, 4.69) is 40.5 Å². The smallest absolute Gasteiger partial charge is 0.223 e. The molecule has 0 saturated carbocycles. The van der Waals surface area contributed by atoms with Gasteiger partial charge in [0, 0.05) is 31.6 Å². The van der Waals surface area contributed by atoms with Gasteiger partial charge in [-0.05, 0) is 42.4 Å². The van der Waals surface area contributed by atoms with E-state index in [1.807, 2.05) is 18.2 Å². The van der Waals surface area contributed by atoms with E-state index in [-0.39, 0.29) is 24.4 Å². The highest BCUT2D eigenvalue weighted by Gasteiger charge is 2.32.